The van der Waals surface area contributed by atoms with Crippen LogP contribution in [-0.2, 0) is 4.79 Å². The van der Waals surface area contributed by atoms with E-state index in [9.17, 15) is 9.59 Å². The molecular weight excluding hydrogens is 286 g/mol. The van der Waals surface area contributed by atoms with E-state index in [1.165, 1.54) is 11.3 Å². The molecule has 0 aromatic carbocycles. The lowest BCUT2D eigenvalue weighted by Crippen LogP contribution is -2.44. The summed E-state index contributed by atoms with van der Waals surface area (Å²) in [6.45, 7) is 4.15. The third kappa shape index (κ3) is 4.74. The summed E-state index contributed by atoms with van der Waals surface area (Å²) in [5, 5.41) is 8.65. The van der Waals surface area contributed by atoms with Crippen LogP contribution in [0.15, 0.2) is 17.5 Å². The molecule has 3 amide bonds. The van der Waals surface area contributed by atoms with Crippen LogP contribution in [0.25, 0.3) is 0 Å². The molecule has 0 spiro atoms. The van der Waals surface area contributed by atoms with Crippen LogP contribution in [0.1, 0.15) is 32.6 Å². The summed E-state index contributed by atoms with van der Waals surface area (Å²) in [5.41, 5.74) is 0. The van der Waals surface area contributed by atoms with Crippen LogP contribution in [0.4, 0.5) is 9.80 Å². The zero-order chi connectivity index (χ0) is 15.1. The summed E-state index contributed by atoms with van der Waals surface area (Å²) >= 11 is 1.51. The van der Waals surface area contributed by atoms with Crippen LogP contribution in [0, 0.1) is 5.92 Å². The van der Waals surface area contributed by atoms with Crippen molar-refractivity contribution in [2.45, 2.75) is 32.6 Å². The Labute approximate surface area is 129 Å². The van der Waals surface area contributed by atoms with Crippen molar-refractivity contribution in [2.24, 2.45) is 5.92 Å². The Balaban J connectivity index is 1.72. The molecule has 2 N–H and O–H groups in total. The van der Waals surface area contributed by atoms with E-state index in [0.29, 0.717) is 13.1 Å². The van der Waals surface area contributed by atoms with Gasteiger partial charge in [0, 0.05) is 25.6 Å². The van der Waals surface area contributed by atoms with Crippen LogP contribution in [-0.4, -0.2) is 36.5 Å². The largest absolute Gasteiger partial charge is 0.356 e. The SMILES string of the molecule is CCCCNC(=O)C1CCN(C(=O)Nc2cccs2)CC1. The molecule has 0 aliphatic carbocycles. The van der Waals surface area contributed by atoms with Crippen molar-refractivity contribution >= 4 is 28.3 Å². The number of urea groups is 1. The number of anilines is 1. The number of unbranched alkanes of at least 4 members (excludes halogenated alkanes) is 1. The maximum Gasteiger partial charge on any atom is 0.322 e. The Bertz CT molecular complexity index is 453. The van der Waals surface area contributed by atoms with E-state index in [4.69, 9.17) is 0 Å². The Morgan fingerprint density at radius 3 is 2.76 bits per heavy atom. The molecule has 6 heteroatoms. The minimum atomic E-state index is -0.0673. The predicted octanol–water partition coefficient (Wildman–Crippen LogP) is 2.91. The van der Waals surface area contributed by atoms with Gasteiger partial charge in [0.25, 0.3) is 0 Å². The molecule has 0 bridgehead atoms. The fourth-order valence-corrected chi connectivity index (χ4v) is 3.02. The summed E-state index contributed by atoms with van der Waals surface area (Å²) in [7, 11) is 0. The lowest BCUT2D eigenvalue weighted by atomic mass is 9.96. The summed E-state index contributed by atoms with van der Waals surface area (Å²) in [5.74, 6) is 0.189. The fourth-order valence-electron chi connectivity index (χ4n) is 2.41. The van der Waals surface area contributed by atoms with Crippen molar-refractivity contribution in [2.75, 3.05) is 25.0 Å². The highest BCUT2D eigenvalue weighted by atomic mass is 32.1. The first-order valence-corrected chi connectivity index (χ1v) is 8.45. The minimum Gasteiger partial charge on any atom is -0.356 e. The molecule has 1 aromatic heterocycles. The number of rotatable bonds is 5. The molecule has 2 heterocycles. The Morgan fingerprint density at radius 2 is 2.14 bits per heavy atom. The van der Waals surface area contributed by atoms with Crippen molar-refractivity contribution in [3.05, 3.63) is 17.5 Å². The number of thiophene rings is 1. The normalized spacial score (nSPS) is 15.8. The third-order valence-electron chi connectivity index (χ3n) is 3.73. The minimum absolute atomic E-state index is 0.0487. The van der Waals surface area contributed by atoms with E-state index in [0.717, 1.165) is 37.2 Å². The van der Waals surface area contributed by atoms with Gasteiger partial charge in [-0.15, -0.1) is 11.3 Å². The maximum absolute atomic E-state index is 12.1. The van der Waals surface area contributed by atoms with Gasteiger partial charge in [-0.1, -0.05) is 13.3 Å². The van der Waals surface area contributed by atoms with Gasteiger partial charge in [-0.25, -0.2) is 4.79 Å². The lowest BCUT2D eigenvalue weighted by Gasteiger charge is -2.31. The number of carbonyl (C=O) groups excluding carboxylic acids is 2. The molecule has 1 saturated heterocycles. The van der Waals surface area contributed by atoms with Crippen molar-refractivity contribution in [1.29, 1.82) is 0 Å². The topological polar surface area (TPSA) is 61.4 Å². The zero-order valence-electron chi connectivity index (χ0n) is 12.4. The van der Waals surface area contributed by atoms with E-state index >= 15 is 0 Å². The van der Waals surface area contributed by atoms with E-state index in [-0.39, 0.29) is 17.9 Å². The lowest BCUT2D eigenvalue weighted by molar-refractivity contribution is -0.126. The molecule has 116 valence electrons. The molecule has 0 radical (unpaired) electrons. The van der Waals surface area contributed by atoms with E-state index in [1.807, 2.05) is 17.5 Å². The molecular formula is C15H23N3O2S. The van der Waals surface area contributed by atoms with Crippen molar-refractivity contribution in [3.63, 3.8) is 0 Å². The first-order valence-electron chi connectivity index (χ1n) is 7.58. The van der Waals surface area contributed by atoms with Crippen LogP contribution in [0.3, 0.4) is 0 Å². The molecule has 0 saturated carbocycles. The van der Waals surface area contributed by atoms with E-state index < -0.39 is 0 Å². The molecule has 0 unspecified atom stereocenters. The second-order valence-electron chi connectivity index (χ2n) is 5.31. The van der Waals surface area contributed by atoms with Gasteiger partial charge in [-0.2, -0.15) is 0 Å². The number of nitrogens with one attached hydrogen (secondary N) is 2. The number of hydrogen-bond acceptors (Lipinski definition) is 3. The van der Waals surface area contributed by atoms with Gasteiger partial charge in [-0.05, 0) is 36.8 Å². The smallest absolute Gasteiger partial charge is 0.322 e. The van der Waals surface area contributed by atoms with Gasteiger partial charge in [0.15, 0.2) is 0 Å². The molecule has 0 atom stereocenters. The monoisotopic (exact) mass is 309 g/mol. The summed E-state index contributed by atoms with van der Waals surface area (Å²) in [6, 6.07) is 3.73. The quantitative estimate of drug-likeness (QED) is 0.822. The van der Waals surface area contributed by atoms with Crippen LogP contribution >= 0.6 is 11.3 Å². The van der Waals surface area contributed by atoms with Crippen LogP contribution in [0.5, 0.6) is 0 Å². The highest BCUT2D eigenvalue weighted by molar-refractivity contribution is 7.14. The number of carbonyl (C=O) groups is 2. The van der Waals surface area contributed by atoms with Crippen LogP contribution < -0.4 is 10.6 Å². The Hall–Kier alpha value is -1.56. The predicted molar refractivity (Wildman–Crippen MR) is 85.6 cm³/mol. The average Bonchev–Trinajstić information content (AvgIpc) is 3.00. The summed E-state index contributed by atoms with van der Waals surface area (Å²) in [4.78, 5) is 25.8. The molecule has 2 rings (SSSR count). The number of likely N-dealkylation sites (tertiary alicyclic amines) is 1. The molecule has 1 aliphatic rings. The first-order chi connectivity index (χ1) is 10.2. The van der Waals surface area contributed by atoms with Gasteiger partial charge >= 0.3 is 6.03 Å². The van der Waals surface area contributed by atoms with Crippen LogP contribution in [0.2, 0.25) is 0 Å². The molecule has 1 fully saturated rings. The molecule has 21 heavy (non-hydrogen) atoms. The fraction of sp³-hybridized carbons (Fsp3) is 0.600. The Kier molecular flexibility index (Phi) is 6.04. The van der Waals surface area contributed by atoms with Crippen molar-refractivity contribution < 1.29 is 9.59 Å². The second-order valence-corrected chi connectivity index (χ2v) is 6.26. The summed E-state index contributed by atoms with van der Waals surface area (Å²) < 4.78 is 0. The van der Waals surface area contributed by atoms with Gasteiger partial charge in [0.1, 0.15) is 0 Å². The highest BCUT2D eigenvalue weighted by Gasteiger charge is 2.27. The van der Waals surface area contributed by atoms with Crippen molar-refractivity contribution in [3.8, 4) is 0 Å². The standard InChI is InChI=1S/C15H23N3O2S/c1-2-3-8-16-14(19)12-6-9-18(10-7-12)15(20)17-13-5-4-11-21-13/h4-5,11-12H,2-3,6-10H2,1H3,(H,16,19)(H,17,20). The number of amides is 3. The Morgan fingerprint density at radius 1 is 1.38 bits per heavy atom. The van der Waals surface area contributed by atoms with Crippen molar-refractivity contribution in [1.82, 2.24) is 10.2 Å². The first kappa shape index (κ1) is 15.8. The average molecular weight is 309 g/mol. The zero-order valence-corrected chi connectivity index (χ0v) is 13.2. The second kappa shape index (κ2) is 8.02. The molecule has 1 aliphatic heterocycles. The van der Waals surface area contributed by atoms with E-state index in [2.05, 4.69) is 17.6 Å². The van der Waals surface area contributed by atoms with Gasteiger partial charge in [0.2, 0.25) is 5.91 Å². The van der Waals surface area contributed by atoms with Gasteiger partial charge in [-0.3, -0.25) is 10.1 Å². The molecule has 5 nitrogen and oxygen atoms in total. The molecule has 1 aromatic rings. The highest BCUT2D eigenvalue weighted by Crippen LogP contribution is 2.20. The number of hydrogen-bond donors (Lipinski definition) is 2. The number of piperidine rings is 1. The maximum atomic E-state index is 12.1. The van der Waals surface area contributed by atoms with Gasteiger partial charge < -0.3 is 10.2 Å². The summed E-state index contributed by atoms with van der Waals surface area (Å²) in [6.07, 6.45) is 3.60. The number of nitrogens with zero attached hydrogens (tertiary/aromatic N) is 1. The van der Waals surface area contributed by atoms with Gasteiger partial charge in [0.05, 0.1) is 5.00 Å². The third-order valence-corrected chi connectivity index (χ3v) is 4.52. The van der Waals surface area contributed by atoms with E-state index in [1.54, 1.807) is 4.90 Å².